The van der Waals surface area contributed by atoms with Crippen molar-refractivity contribution in [3.05, 3.63) is 83.9 Å². The molecule has 0 spiro atoms. The zero-order valence-corrected chi connectivity index (χ0v) is 11.4. The zero-order valence-electron chi connectivity index (χ0n) is 11.4. The minimum atomic E-state index is -0.243. The fraction of sp³-hybridized carbons (Fsp3) is 0.0556. The normalized spacial score (nSPS) is 10.5. The lowest BCUT2D eigenvalue weighted by Crippen LogP contribution is -2.04. The SMILES string of the molecule is O=Cc1cccn1Cc1ccccc1-c1ccccc1F. The maximum Gasteiger partial charge on any atom is 0.166 e. The number of nitrogens with zero attached hydrogens (tertiary/aromatic N) is 1. The van der Waals surface area contributed by atoms with Crippen LogP contribution in [0.5, 0.6) is 0 Å². The number of hydrogen-bond donors (Lipinski definition) is 0. The Kier molecular flexibility index (Phi) is 3.65. The van der Waals surface area contributed by atoms with E-state index in [0.717, 1.165) is 17.4 Å². The fourth-order valence-corrected chi connectivity index (χ4v) is 2.46. The molecule has 2 nitrogen and oxygen atoms in total. The first-order valence-electron chi connectivity index (χ1n) is 6.72. The van der Waals surface area contributed by atoms with Gasteiger partial charge < -0.3 is 4.57 Å². The maximum absolute atomic E-state index is 14.0. The van der Waals surface area contributed by atoms with E-state index >= 15 is 0 Å². The maximum atomic E-state index is 14.0. The first-order valence-corrected chi connectivity index (χ1v) is 6.72. The van der Waals surface area contributed by atoms with E-state index in [2.05, 4.69) is 0 Å². The Bertz CT molecular complexity index is 776. The molecule has 0 aliphatic rings. The Morgan fingerprint density at radius 2 is 1.62 bits per heavy atom. The highest BCUT2D eigenvalue weighted by Gasteiger charge is 2.10. The van der Waals surface area contributed by atoms with Crippen molar-refractivity contribution in [3.63, 3.8) is 0 Å². The molecule has 0 bridgehead atoms. The highest BCUT2D eigenvalue weighted by Crippen LogP contribution is 2.27. The highest BCUT2D eigenvalue weighted by molar-refractivity contribution is 5.73. The molecular formula is C18H14FNO. The number of aromatic nitrogens is 1. The van der Waals surface area contributed by atoms with E-state index in [1.165, 1.54) is 6.07 Å². The predicted octanol–water partition coefficient (Wildman–Crippen LogP) is 4.16. The number of benzene rings is 2. The summed E-state index contributed by atoms with van der Waals surface area (Å²) in [5.41, 5.74) is 3.01. The van der Waals surface area contributed by atoms with Crippen LogP contribution in [0.1, 0.15) is 16.1 Å². The molecule has 0 N–H and O–H groups in total. The molecule has 3 rings (SSSR count). The molecule has 0 saturated heterocycles. The summed E-state index contributed by atoms with van der Waals surface area (Å²) < 4.78 is 15.9. The minimum Gasteiger partial charge on any atom is -0.341 e. The zero-order chi connectivity index (χ0) is 14.7. The summed E-state index contributed by atoms with van der Waals surface area (Å²) >= 11 is 0. The molecule has 1 heterocycles. The number of halogens is 1. The van der Waals surface area contributed by atoms with Crippen molar-refractivity contribution < 1.29 is 9.18 Å². The van der Waals surface area contributed by atoms with Crippen molar-refractivity contribution in [2.75, 3.05) is 0 Å². The molecule has 21 heavy (non-hydrogen) atoms. The topological polar surface area (TPSA) is 22.0 Å². The number of carbonyl (C=O) groups excluding carboxylic acids is 1. The molecule has 0 aliphatic heterocycles. The summed E-state index contributed by atoms with van der Waals surface area (Å²) in [5, 5.41) is 0. The molecular weight excluding hydrogens is 265 g/mol. The third-order valence-electron chi connectivity index (χ3n) is 3.51. The second kappa shape index (κ2) is 5.75. The van der Waals surface area contributed by atoms with E-state index in [9.17, 15) is 9.18 Å². The second-order valence-electron chi connectivity index (χ2n) is 4.82. The van der Waals surface area contributed by atoms with Crippen molar-refractivity contribution in [3.8, 4) is 11.1 Å². The first kappa shape index (κ1) is 13.3. The fourth-order valence-electron chi connectivity index (χ4n) is 2.46. The van der Waals surface area contributed by atoms with E-state index in [1.807, 2.05) is 47.2 Å². The van der Waals surface area contributed by atoms with Crippen LogP contribution in [0.4, 0.5) is 4.39 Å². The van der Waals surface area contributed by atoms with Gasteiger partial charge in [-0.2, -0.15) is 0 Å². The Labute approximate surface area is 122 Å². The average Bonchev–Trinajstić information content (AvgIpc) is 2.96. The Morgan fingerprint density at radius 1 is 0.905 bits per heavy atom. The predicted molar refractivity (Wildman–Crippen MR) is 80.8 cm³/mol. The van der Waals surface area contributed by atoms with Gasteiger partial charge in [-0.25, -0.2) is 4.39 Å². The lowest BCUT2D eigenvalue weighted by molar-refractivity contribution is 0.111. The van der Waals surface area contributed by atoms with Crippen LogP contribution in [-0.4, -0.2) is 10.9 Å². The van der Waals surface area contributed by atoms with Gasteiger partial charge in [0.05, 0.1) is 5.69 Å². The summed E-state index contributed by atoms with van der Waals surface area (Å²) in [7, 11) is 0. The lowest BCUT2D eigenvalue weighted by Gasteiger charge is -2.12. The summed E-state index contributed by atoms with van der Waals surface area (Å²) in [4.78, 5) is 11.0. The molecule has 3 heteroatoms. The van der Waals surface area contributed by atoms with Crippen molar-refractivity contribution in [1.29, 1.82) is 0 Å². The molecule has 0 radical (unpaired) electrons. The Hall–Kier alpha value is -2.68. The van der Waals surface area contributed by atoms with Crippen LogP contribution in [0.15, 0.2) is 66.9 Å². The summed E-state index contributed by atoms with van der Waals surface area (Å²) in [6.07, 6.45) is 2.67. The Morgan fingerprint density at radius 3 is 2.38 bits per heavy atom. The number of hydrogen-bond acceptors (Lipinski definition) is 1. The molecule has 0 saturated carbocycles. The molecule has 0 aliphatic carbocycles. The molecule has 2 aromatic carbocycles. The number of rotatable bonds is 4. The van der Waals surface area contributed by atoms with Crippen molar-refractivity contribution in [2.24, 2.45) is 0 Å². The first-order chi connectivity index (χ1) is 10.3. The largest absolute Gasteiger partial charge is 0.341 e. The minimum absolute atomic E-state index is 0.243. The van der Waals surface area contributed by atoms with Crippen LogP contribution in [0, 0.1) is 5.82 Å². The molecule has 1 aromatic heterocycles. The number of carbonyl (C=O) groups is 1. The average molecular weight is 279 g/mol. The van der Waals surface area contributed by atoms with Gasteiger partial charge in [0, 0.05) is 18.3 Å². The van der Waals surface area contributed by atoms with Crippen LogP contribution in [-0.2, 0) is 6.54 Å². The summed E-state index contributed by atoms with van der Waals surface area (Å²) in [6.45, 7) is 0.533. The molecule has 3 aromatic rings. The van der Waals surface area contributed by atoms with Crippen LogP contribution in [0.3, 0.4) is 0 Å². The van der Waals surface area contributed by atoms with E-state index in [4.69, 9.17) is 0 Å². The van der Waals surface area contributed by atoms with Gasteiger partial charge in [-0.1, -0.05) is 42.5 Å². The van der Waals surface area contributed by atoms with Crippen LogP contribution in [0.2, 0.25) is 0 Å². The molecule has 0 unspecified atom stereocenters. The van der Waals surface area contributed by atoms with Gasteiger partial charge in [-0.15, -0.1) is 0 Å². The number of aldehydes is 1. The third-order valence-corrected chi connectivity index (χ3v) is 3.51. The second-order valence-corrected chi connectivity index (χ2v) is 4.82. The monoisotopic (exact) mass is 279 g/mol. The quantitative estimate of drug-likeness (QED) is 0.657. The van der Waals surface area contributed by atoms with E-state index in [1.54, 1.807) is 18.2 Å². The Balaban J connectivity index is 2.05. The van der Waals surface area contributed by atoms with E-state index in [-0.39, 0.29) is 5.82 Å². The van der Waals surface area contributed by atoms with Gasteiger partial charge in [0.15, 0.2) is 6.29 Å². The van der Waals surface area contributed by atoms with Crippen molar-refractivity contribution in [1.82, 2.24) is 4.57 Å². The smallest absolute Gasteiger partial charge is 0.166 e. The lowest BCUT2D eigenvalue weighted by atomic mass is 9.99. The summed E-state index contributed by atoms with van der Waals surface area (Å²) in [5.74, 6) is -0.243. The van der Waals surface area contributed by atoms with Gasteiger partial charge in [-0.3, -0.25) is 4.79 Å². The van der Waals surface area contributed by atoms with Gasteiger partial charge in [-0.05, 0) is 29.3 Å². The van der Waals surface area contributed by atoms with E-state index < -0.39 is 0 Å². The van der Waals surface area contributed by atoms with Crippen LogP contribution in [0.25, 0.3) is 11.1 Å². The van der Waals surface area contributed by atoms with E-state index in [0.29, 0.717) is 17.8 Å². The van der Waals surface area contributed by atoms with Crippen molar-refractivity contribution >= 4 is 6.29 Å². The highest BCUT2D eigenvalue weighted by atomic mass is 19.1. The van der Waals surface area contributed by atoms with Gasteiger partial charge in [0.2, 0.25) is 0 Å². The van der Waals surface area contributed by atoms with Gasteiger partial charge in [0.25, 0.3) is 0 Å². The van der Waals surface area contributed by atoms with Crippen molar-refractivity contribution in [2.45, 2.75) is 6.54 Å². The summed E-state index contributed by atoms with van der Waals surface area (Å²) in [6, 6.07) is 18.0. The molecule has 0 amide bonds. The van der Waals surface area contributed by atoms with Crippen LogP contribution < -0.4 is 0 Å². The van der Waals surface area contributed by atoms with Gasteiger partial charge >= 0.3 is 0 Å². The molecule has 104 valence electrons. The van der Waals surface area contributed by atoms with Crippen LogP contribution >= 0.6 is 0 Å². The molecule has 0 fully saturated rings. The third kappa shape index (κ3) is 2.63. The van der Waals surface area contributed by atoms with Gasteiger partial charge in [0.1, 0.15) is 5.82 Å². The standard InChI is InChI=1S/C18H14FNO/c19-18-10-4-3-9-17(18)16-8-2-1-6-14(16)12-20-11-5-7-15(20)13-21/h1-11,13H,12H2. The molecule has 0 atom stereocenters.